The average Bonchev–Trinajstić information content (AvgIpc) is 3.11. The van der Waals surface area contributed by atoms with Crippen LogP contribution < -0.4 is 15.4 Å². The number of imidazole rings is 1. The third-order valence-electron chi connectivity index (χ3n) is 4.47. The van der Waals surface area contributed by atoms with Gasteiger partial charge in [-0.2, -0.15) is 0 Å². The number of ether oxygens (including phenoxy) is 1. The zero-order valence-electron chi connectivity index (χ0n) is 17.2. The average molecular weight is 394 g/mol. The second kappa shape index (κ2) is 9.18. The van der Waals surface area contributed by atoms with Gasteiger partial charge in [-0.1, -0.05) is 12.1 Å². The van der Waals surface area contributed by atoms with E-state index < -0.39 is 0 Å². The highest BCUT2D eigenvalue weighted by atomic mass is 16.5. The molecule has 2 heterocycles. The van der Waals surface area contributed by atoms with Gasteiger partial charge >= 0.3 is 0 Å². The third kappa shape index (κ3) is 5.31. The SMILES string of the molecule is COc1ccc(CC(=O)NCCNc2cc(-n3ccnc3C)nc(C)n2)cc1C. The molecule has 0 spiro atoms. The molecule has 2 aromatic heterocycles. The van der Waals surface area contributed by atoms with E-state index in [1.54, 1.807) is 13.3 Å². The third-order valence-corrected chi connectivity index (χ3v) is 4.47. The molecule has 29 heavy (non-hydrogen) atoms. The summed E-state index contributed by atoms with van der Waals surface area (Å²) in [6, 6.07) is 7.63. The van der Waals surface area contributed by atoms with E-state index in [4.69, 9.17) is 4.74 Å². The zero-order chi connectivity index (χ0) is 20.8. The number of benzene rings is 1. The fourth-order valence-corrected chi connectivity index (χ4v) is 3.08. The van der Waals surface area contributed by atoms with Crippen LogP contribution in [0.25, 0.3) is 5.82 Å². The van der Waals surface area contributed by atoms with Gasteiger partial charge < -0.3 is 15.4 Å². The first-order valence-corrected chi connectivity index (χ1v) is 9.46. The number of hydrogen-bond donors (Lipinski definition) is 2. The van der Waals surface area contributed by atoms with Crippen molar-refractivity contribution < 1.29 is 9.53 Å². The minimum absolute atomic E-state index is 0.0232. The highest BCUT2D eigenvalue weighted by Crippen LogP contribution is 2.18. The van der Waals surface area contributed by atoms with Gasteiger partial charge in [-0.05, 0) is 38.0 Å². The summed E-state index contributed by atoms with van der Waals surface area (Å²) in [6.45, 7) is 6.79. The van der Waals surface area contributed by atoms with Crippen LogP contribution in [0.1, 0.15) is 22.8 Å². The Balaban J connectivity index is 1.50. The number of aromatic nitrogens is 4. The second-order valence-corrected chi connectivity index (χ2v) is 6.76. The van der Waals surface area contributed by atoms with Gasteiger partial charge in [-0.15, -0.1) is 0 Å². The van der Waals surface area contributed by atoms with Crippen LogP contribution in [0.15, 0.2) is 36.7 Å². The van der Waals surface area contributed by atoms with E-state index in [0.717, 1.165) is 28.5 Å². The van der Waals surface area contributed by atoms with Crippen LogP contribution in [0.3, 0.4) is 0 Å². The normalized spacial score (nSPS) is 10.6. The lowest BCUT2D eigenvalue weighted by Crippen LogP contribution is -2.30. The minimum Gasteiger partial charge on any atom is -0.496 e. The summed E-state index contributed by atoms with van der Waals surface area (Å²) in [5.74, 6) is 3.79. The number of nitrogens with zero attached hydrogens (tertiary/aromatic N) is 4. The van der Waals surface area contributed by atoms with Crippen molar-refractivity contribution in [1.29, 1.82) is 0 Å². The number of hydrogen-bond acceptors (Lipinski definition) is 6. The molecule has 0 unspecified atom stereocenters. The minimum atomic E-state index is -0.0232. The van der Waals surface area contributed by atoms with E-state index in [1.165, 1.54) is 0 Å². The molecule has 0 radical (unpaired) electrons. The molecule has 0 aliphatic heterocycles. The van der Waals surface area contributed by atoms with Crippen LogP contribution in [0, 0.1) is 20.8 Å². The molecule has 0 saturated carbocycles. The van der Waals surface area contributed by atoms with Crippen LogP contribution in [0.4, 0.5) is 5.82 Å². The number of anilines is 1. The van der Waals surface area contributed by atoms with Gasteiger partial charge in [0.25, 0.3) is 0 Å². The first-order chi connectivity index (χ1) is 14.0. The Morgan fingerprint density at radius 2 is 1.97 bits per heavy atom. The maximum atomic E-state index is 12.2. The van der Waals surface area contributed by atoms with E-state index >= 15 is 0 Å². The highest BCUT2D eigenvalue weighted by Gasteiger charge is 2.08. The maximum Gasteiger partial charge on any atom is 0.224 e. The van der Waals surface area contributed by atoms with Crippen molar-refractivity contribution in [2.75, 3.05) is 25.5 Å². The molecule has 0 aliphatic carbocycles. The fraction of sp³-hybridized carbons (Fsp3) is 0.333. The zero-order valence-corrected chi connectivity index (χ0v) is 17.2. The fourth-order valence-electron chi connectivity index (χ4n) is 3.08. The van der Waals surface area contributed by atoms with Crippen molar-refractivity contribution in [1.82, 2.24) is 24.8 Å². The number of carbonyl (C=O) groups is 1. The number of nitrogens with one attached hydrogen (secondary N) is 2. The lowest BCUT2D eigenvalue weighted by molar-refractivity contribution is -0.120. The van der Waals surface area contributed by atoms with Gasteiger partial charge in [0.2, 0.25) is 5.91 Å². The molecule has 8 nitrogen and oxygen atoms in total. The molecule has 2 N–H and O–H groups in total. The maximum absolute atomic E-state index is 12.2. The van der Waals surface area contributed by atoms with Crippen LogP contribution in [-0.2, 0) is 11.2 Å². The van der Waals surface area contributed by atoms with Gasteiger partial charge in [-0.3, -0.25) is 9.36 Å². The number of carbonyl (C=O) groups excluding carboxylic acids is 1. The summed E-state index contributed by atoms with van der Waals surface area (Å²) in [5.41, 5.74) is 1.98. The Bertz CT molecular complexity index is 999. The van der Waals surface area contributed by atoms with E-state index in [0.29, 0.717) is 31.2 Å². The van der Waals surface area contributed by atoms with Crippen molar-refractivity contribution in [3.05, 3.63) is 59.4 Å². The number of rotatable bonds is 8. The first-order valence-electron chi connectivity index (χ1n) is 9.46. The van der Waals surface area contributed by atoms with Crippen molar-refractivity contribution in [2.24, 2.45) is 0 Å². The molecule has 1 amide bonds. The molecule has 0 aliphatic rings. The van der Waals surface area contributed by atoms with Gasteiger partial charge in [0.05, 0.1) is 13.5 Å². The predicted octanol–water partition coefficient (Wildman–Crippen LogP) is 2.37. The van der Waals surface area contributed by atoms with Crippen LogP contribution >= 0.6 is 0 Å². The first kappa shape index (κ1) is 20.3. The molecule has 0 fully saturated rings. The summed E-state index contributed by atoms with van der Waals surface area (Å²) < 4.78 is 7.15. The monoisotopic (exact) mass is 394 g/mol. The van der Waals surface area contributed by atoms with Crippen molar-refractivity contribution in [3.63, 3.8) is 0 Å². The van der Waals surface area contributed by atoms with Gasteiger partial charge in [-0.25, -0.2) is 15.0 Å². The summed E-state index contributed by atoms with van der Waals surface area (Å²) in [4.78, 5) is 25.3. The summed E-state index contributed by atoms with van der Waals surface area (Å²) in [6.07, 6.45) is 3.93. The molecule has 1 aromatic carbocycles. The molecule has 0 atom stereocenters. The van der Waals surface area contributed by atoms with Gasteiger partial charge in [0.15, 0.2) is 0 Å². The molecule has 8 heteroatoms. The van der Waals surface area contributed by atoms with Crippen LogP contribution in [0.5, 0.6) is 5.75 Å². The van der Waals surface area contributed by atoms with Crippen molar-refractivity contribution in [2.45, 2.75) is 27.2 Å². The standard InChI is InChI=1S/C21H26N6O2/c1-14-11-17(5-6-18(14)29-4)12-21(28)24-8-7-23-19-13-20(26-15(2)25-19)27-10-9-22-16(27)3/h5-6,9-11,13H,7-8,12H2,1-4H3,(H,24,28)(H,23,25,26). The Morgan fingerprint density at radius 1 is 1.14 bits per heavy atom. The lowest BCUT2D eigenvalue weighted by Gasteiger charge is -2.11. The predicted molar refractivity (Wildman–Crippen MR) is 112 cm³/mol. The Hall–Kier alpha value is -3.42. The molecular formula is C21H26N6O2. The largest absolute Gasteiger partial charge is 0.496 e. The topological polar surface area (TPSA) is 94.0 Å². The summed E-state index contributed by atoms with van der Waals surface area (Å²) in [5, 5.41) is 6.16. The molecule has 3 rings (SSSR count). The Labute approximate surface area is 170 Å². The quantitative estimate of drug-likeness (QED) is 0.570. The highest BCUT2D eigenvalue weighted by molar-refractivity contribution is 5.78. The number of aryl methyl sites for hydroxylation is 3. The van der Waals surface area contributed by atoms with Crippen molar-refractivity contribution in [3.8, 4) is 11.6 Å². The van der Waals surface area contributed by atoms with Gasteiger partial charge in [0.1, 0.15) is 29.0 Å². The number of amides is 1. The van der Waals surface area contributed by atoms with Crippen LogP contribution in [-0.4, -0.2) is 45.6 Å². The number of methoxy groups -OCH3 is 1. The molecule has 0 saturated heterocycles. The van der Waals surface area contributed by atoms with Crippen LogP contribution in [0.2, 0.25) is 0 Å². The van der Waals surface area contributed by atoms with E-state index in [-0.39, 0.29) is 5.91 Å². The van der Waals surface area contributed by atoms with E-state index in [9.17, 15) is 4.79 Å². The van der Waals surface area contributed by atoms with E-state index in [1.807, 2.05) is 55.8 Å². The molecule has 3 aromatic rings. The van der Waals surface area contributed by atoms with E-state index in [2.05, 4.69) is 25.6 Å². The Morgan fingerprint density at radius 3 is 2.66 bits per heavy atom. The summed E-state index contributed by atoms with van der Waals surface area (Å²) in [7, 11) is 1.64. The lowest BCUT2D eigenvalue weighted by atomic mass is 10.1. The second-order valence-electron chi connectivity index (χ2n) is 6.76. The molecular weight excluding hydrogens is 368 g/mol. The Kier molecular flexibility index (Phi) is 6.43. The molecule has 152 valence electrons. The smallest absolute Gasteiger partial charge is 0.224 e. The van der Waals surface area contributed by atoms with Gasteiger partial charge in [0, 0.05) is 31.5 Å². The van der Waals surface area contributed by atoms with Crippen molar-refractivity contribution >= 4 is 11.7 Å². The summed E-state index contributed by atoms with van der Waals surface area (Å²) >= 11 is 0. The molecule has 0 bridgehead atoms.